The smallest absolute Gasteiger partial charge is 0.338 e. The number of carbonyl (C=O) groups is 1. The van der Waals surface area contributed by atoms with Gasteiger partial charge in [-0.1, -0.05) is 30.3 Å². The molecular formula is C18H20O4. The van der Waals surface area contributed by atoms with Crippen LogP contribution in [0.5, 0.6) is 5.75 Å². The lowest BCUT2D eigenvalue weighted by Crippen LogP contribution is -2.07. The standard InChI is InChI=1S/C18H20O4/c1-3-21-17-10-5-4-8-16(17)13-22-18(19)15-9-6-7-14(11-15)12-20-2/h4-11H,3,12-13H2,1-2H3. The lowest BCUT2D eigenvalue weighted by Gasteiger charge is -2.11. The molecule has 0 N–H and O–H groups in total. The van der Waals surface area contributed by atoms with Crippen LogP contribution in [0.25, 0.3) is 0 Å². The molecule has 0 amide bonds. The van der Waals surface area contributed by atoms with E-state index in [-0.39, 0.29) is 12.6 Å². The molecule has 0 heterocycles. The highest BCUT2D eigenvalue weighted by Gasteiger charge is 2.10. The second-order valence-electron chi connectivity index (χ2n) is 4.75. The second-order valence-corrected chi connectivity index (χ2v) is 4.75. The summed E-state index contributed by atoms with van der Waals surface area (Å²) in [6.45, 7) is 3.14. The van der Waals surface area contributed by atoms with Crippen molar-refractivity contribution in [2.24, 2.45) is 0 Å². The first-order chi connectivity index (χ1) is 10.7. The maximum absolute atomic E-state index is 12.1. The Kier molecular flexibility index (Phi) is 5.98. The molecule has 0 unspecified atom stereocenters. The SMILES string of the molecule is CCOc1ccccc1COC(=O)c1cccc(COC)c1. The van der Waals surface area contributed by atoms with Crippen LogP contribution in [0.3, 0.4) is 0 Å². The normalized spacial score (nSPS) is 10.3. The van der Waals surface area contributed by atoms with Gasteiger partial charge in [0.2, 0.25) is 0 Å². The third-order valence-electron chi connectivity index (χ3n) is 3.10. The van der Waals surface area contributed by atoms with Crippen molar-refractivity contribution < 1.29 is 19.0 Å². The maximum atomic E-state index is 12.1. The van der Waals surface area contributed by atoms with Crippen molar-refractivity contribution in [1.82, 2.24) is 0 Å². The molecule has 0 aliphatic rings. The van der Waals surface area contributed by atoms with Crippen molar-refractivity contribution in [2.45, 2.75) is 20.1 Å². The molecule has 0 fully saturated rings. The lowest BCUT2D eigenvalue weighted by molar-refractivity contribution is 0.0469. The minimum absolute atomic E-state index is 0.184. The molecule has 0 radical (unpaired) electrons. The molecule has 4 heteroatoms. The number of ether oxygens (including phenoxy) is 3. The Morgan fingerprint density at radius 1 is 1.05 bits per heavy atom. The summed E-state index contributed by atoms with van der Waals surface area (Å²) >= 11 is 0. The van der Waals surface area contributed by atoms with Crippen molar-refractivity contribution >= 4 is 5.97 Å². The van der Waals surface area contributed by atoms with E-state index in [1.54, 1.807) is 19.2 Å². The summed E-state index contributed by atoms with van der Waals surface area (Å²) in [5.74, 6) is 0.384. The highest BCUT2D eigenvalue weighted by Crippen LogP contribution is 2.19. The van der Waals surface area contributed by atoms with E-state index in [1.807, 2.05) is 43.3 Å². The van der Waals surface area contributed by atoms with Crippen molar-refractivity contribution in [3.8, 4) is 5.75 Å². The summed E-state index contributed by atoms with van der Waals surface area (Å²) < 4.78 is 16.0. The fourth-order valence-electron chi connectivity index (χ4n) is 2.10. The van der Waals surface area contributed by atoms with Crippen molar-refractivity contribution in [3.63, 3.8) is 0 Å². The van der Waals surface area contributed by atoms with Gasteiger partial charge in [-0.05, 0) is 30.7 Å². The lowest BCUT2D eigenvalue weighted by atomic mass is 10.1. The zero-order chi connectivity index (χ0) is 15.8. The van der Waals surface area contributed by atoms with E-state index < -0.39 is 0 Å². The van der Waals surface area contributed by atoms with E-state index in [1.165, 1.54) is 0 Å². The van der Waals surface area contributed by atoms with Gasteiger partial charge in [0, 0.05) is 12.7 Å². The summed E-state index contributed by atoms with van der Waals surface area (Å²) in [7, 11) is 1.62. The first-order valence-electron chi connectivity index (χ1n) is 7.20. The van der Waals surface area contributed by atoms with Gasteiger partial charge in [0.15, 0.2) is 0 Å². The predicted molar refractivity (Wildman–Crippen MR) is 83.9 cm³/mol. The second kappa shape index (κ2) is 8.20. The van der Waals surface area contributed by atoms with Crippen LogP contribution < -0.4 is 4.74 Å². The number of hydrogen-bond acceptors (Lipinski definition) is 4. The molecular weight excluding hydrogens is 280 g/mol. The topological polar surface area (TPSA) is 44.8 Å². The number of carbonyl (C=O) groups excluding carboxylic acids is 1. The van der Waals surface area contributed by atoms with E-state index in [9.17, 15) is 4.79 Å². The summed E-state index contributed by atoms with van der Waals surface area (Å²) in [4.78, 5) is 12.1. The van der Waals surface area contributed by atoms with Crippen LogP contribution in [0.4, 0.5) is 0 Å². The summed E-state index contributed by atoms with van der Waals surface area (Å²) in [5, 5.41) is 0. The maximum Gasteiger partial charge on any atom is 0.338 e. The van der Waals surface area contributed by atoms with Gasteiger partial charge in [0.25, 0.3) is 0 Å². The molecule has 116 valence electrons. The molecule has 0 aliphatic carbocycles. The zero-order valence-corrected chi connectivity index (χ0v) is 12.9. The number of para-hydroxylation sites is 1. The molecule has 0 aliphatic heterocycles. The molecule has 0 atom stereocenters. The average molecular weight is 300 g/mol. The molecule has 2 rings (SSSR count). The summed E-state index contributed by atoms with van der Waals surface area (Å²) in [6, 6.07) is 14.8. The summed E-state index contributed by atoms with van der Waals surface area (Å²) in [6.07, 6.45) is 0. The van der Waals surface area contributed by atoms with Crippen LogP contribution in [0, 0.1) is 0 Å². The van der Waals surface area contributed by atoms with Crippen molar-refractivity contribution in [2.75, 3.05) is 13.7 Å². The minimum atomic E-state index is -0.357. The molecule has 0 aromatic heterocycles. The highest BCUT2D eigenvalue weighted by atomic mass is 16.5. The van der Waals surface area contributed by atoms with Crippen LogP contribution in [-0.4, -0.2) is 19.7 Å². The van der Waals surface area contributed by atoms with Gasteiger partial charge in [-0.15, -0.1) is 0 Å². The Labute approximate surface area is 130 Å². The summed E-state index contributed by atoms with van der Waals surface area (Å²) in [5.41, 5.74) is 2.31. The van der Waals surface area contributed by atoms with Crippen LogP contribution in [0.2, 0.25) is 0 Å². The van der Waals surface area contributed by atoms with Crippen LogP contribution in [0.15, 0.2) is 48.5 Å². The largest absolute Gasteiger partial charge is 0.493 e. The Bertz CT molecular complexity index is 622. The van der Waals surface area contributed by atoms with Gasteiger partial charge in [0.1, 0.15) is 12.4 Å². The molecule has 4 nitrogen and oxygen atoms in total. The van der Waals surface area contributed by atoms with Crippen molar-refractivity contribution in [1.29, 1.82) is 0 Å². The average Bonchev–Trinajstić information content (AvgIpc) is 2.54. The highest BCUT2D eigenvalue weighted by molar-refractivity contribution is 5.89. The Balaban J connectivity index is 2.02. The van der Waals surface area contributed by atoms with Gasteiger partial charge < -0.3 is 14.2 Å². The molecule has 0 saturated carbocycles. The van der Waals surface area contributed by atoms with Crippen LogP contribution in [-0.2, 0) is 22.7 Å². The molecule has 2 aromatic rings. The van der Waals surface area contributed by atoms with E-state index in [2.05, 4.69) is 0 Å². The first-order valence-corrected chi connectivity index (χ1v) is 7.20. The zero-order valence-electron chi connectivity index (χ0n) is 12.9. The van der Waals surface area contributed by atoms with Gasteiger partial charge in [-0.3, -0.25) is 0 Å². The van der Waals surface area contributed by atoms with E-state index in [0.29, 0.717) is 18.8 Å². The van der Waals surface area contributed by atoms with E-state index in [4.69, 9.17) is 14.2 Å². The van der Waals surface area contributed by atoms with E-state index in [0.717, 1.165) is 16.9 Å². The molecule has 0 saturated heterocycles. The van der Waals surface area contributed by atoms with Gasteiger partial charge in [-0.25, -0.2) is 4.79 Å². The minimum Gasteiger partial charge on any atom is -0.493 e. The fourth-order valence-corrected chi connectivity index (χ4v) is 2.10. The molecule has 2 aromatic carbocycles. The number of methoxy groups -OCH3 is 1. The fraction of sp³-hybridized carbons (Fsp3) is 0.278. The van der Waals surface area contributed by atoms with E-state index >= 15 is 0 Å². The molecule has 0 spiro atoms. The third-order valence-corrected chi connectivity index (χ3v) is 3.10. The van der Waals surface area contributed by atoms with Crippen molar-refractivity contribution in [3.05, 3.63) is 65.2 Å². The van der Waals surface area contributed by atoms with Gasteiger partial charge in [0.05, 0.1) is 18.8 Å². The molecule has 22 heavy (non-hydrogen) atoms. The Hall–Kier alpha value is -2.33. The number of benzene rings is 2. The number of hydrogen-bond donors (Lipinski definition) is 0. The monoisotopic (exact) mass is 300 g/mol. The Morgan fingerprint density at radius 2 is 1.86 bits per heavy atom. The van der Waals surface area contributed by atoms with Crippen LogP contribution >= 0.6 is 0 Å². The molecule has 0 bridgehead atoms. The quantitative estimate of drug-likeness (QED) is 0.733. The third kappa shape index (κ3) is 4.33. The van der Waals surface area contributed by atoms with Gasteiger partial charge >= 0.3 is 5.97 Å². The number of esters is 1. The van der Waals surface area contributed by atoms with Crippen LogP contribution in [0.1, 0.15) is 28.4 Å². The first kappa shape index (κ1) is 16.0. The van der Waals surface area contributed by atoms with Gasteiger partial charge in [-0.2, -0.15) is 0 Å². The predicted octanol–water partition coefficient (Wildman–Crippen LogP) is 3.59. The number of rotatable bonds is 7. The Morgan fingerprint density at radius 3 is 2.64 bits per heavy atom.